The number of carbonyl (C=O) groups is 1. The third-order valence-electron chi connectivity index (χ3n) is 1.48. The van der Waals surface area contributed by atoms with E-state index in [0.29, 0.717) is 5.75 Å². The van der Waals surface area contributed by atoms with E-state index in [2.05, 4.69) is 9.72 Å². The summed E-state index contributed by atoms with van der Waals surface area (Å²) >= 11 is 3.15. The standard InChI is InChI=1S/C8H11NO2S2/c1-6(8-9-3-4-12-8)13-5-7(10)11-2/h3-4,6H,5H2,1-2H3. The minimum absolute atomic E-state index is 0.187. The summed E-state index contributed by atoms with van der Waals surface area (Å²) in [5.41, 5.74) is 0. The molecule has 0 fully saturated rings. The Morgan fingerprint density at radius 2 is 2.62 bits per heavy atom. The van der Waals surface area contributed by atoms with Crippen LogP contribution >= 0.6 is 23.1 Å². The first-order valence-electron chi connectivity index (χ1n) is 3.82. The van der Waals surface area contributed by atoms with E-state index >= 15 is 0 Å². The quantitative estimate of drug-likeness (QED) is 0.724. The molecule has 1 rings (SSSR count). The number of hydrogen-bond acceptors (Lipinski definition) is 5. The van der Waals surface area contributed by atoms with Gasteiger partial charge in [-0.05, 0) is 6.92 Å². The van der Waals surface area contributed by atoms with Gasteiger partial charge in [0.05, 0.1) is 18.1 Å². The average molecular weight is 217 g/mol. The summed E-state index contributed by atoms with van der Waals surface area (Å²) in [4.78, 5) is 15.0. The van der Waals surface area contributed by atoms with Gasteiger partial charge in [-0.2, -0.15) is 0 Å². The summed E-state index contributed by atoms with van der Waals surface area (Å²) in [6.45, 7) is 2.03. The second kappa shape index (κ2) is 5.24. The van der Waals surface area contributed by atoms with Crippen LogP contribution in [-0.4, -0.2) is 23.8 Å². The highest BCUT2D eigenvalue weighted by atomic mass is 32.2. The van der Waals surface area contributed by atoms with Gasteiger partial charge in [0, 0.05) is 11.6 Å². The van der Waals surface area contributed by atoms with Crippen LogP contribution in [-0.2, 0) is 9.53 Å². The molecule has 0 saturated carbocycles. The maximum absolute atomic E-state index is 10.8. The van der Waals surface area contributed by atoms with Gasteiger partial charge >= 0.3 is 5.97 Å². The Bertz CT molecular complexity index is 261. The highest BCUT2D eigenvalue weighted by Gasteiger charge is 2.10. The Morgan fingerprint density at radius 1 is 1.85 bits per heavy atom. The molecule has 0 amide bonds. The zero-order valence-corrected chi connectivity index (χ0v) is 9.15. The zero-order valence-electron chi connectivity index (χ0n) is 7.52. The third-order valence-corrected chi connectivity index (χ3v) is 3.71. The zero-order chi connectivity index (χ0) is 9.68. The molecule has 0 aromatic carbocycles. The minimum Gasteiger partial charge on any atom is -0.468 e. The normalized spacial score (nSPS) is 12.5. The molecule has 13 heavy (non-hydrogen) atoms. The molecule has 5 heteroatoms. The van der Waals surface area contributed by atoms with Crippen molar-refractivity contribution >= 4 is 29.1 Å². The van der Waals surface area contributed by atoms with Crippen molar-refractivity contribution in [1.29, 1.82) is 0 Å². The van der Waals surface area contributed by atoms with Crippen LogP contribution in [0.5, 0.6) is 0 Å². The number of esters is 1. The van der Waals surface area contributed by atoms with Gasteiger partial charge in [-0.3, -0.25) is 4.79 Å². The maximum atomic E-state index is 10.8. The number of methoxy groups -OCH3 is 1. The smallest absolute Gasteiger partial charge is 0.315 e. The summed E-state index contributed by atoms with van der Waals surface area (Å²) in [6, 6.07) is 0. The topological polar surface area (TPSA) is 39.2 Å². The molecule has 0 saturated heterocycles. The van der Waals surface area contributed by atoms with Crippen molar-refractivity contribution in [3.63, 3.8) is 0 Å². The van der Waals surface area contributed by atoms with Crippen LogP contribution < -0.4 is 0 Å². The fourth-order valence-electron chi connectivity index (χ4n) is 0.759. The van der Waals surface area contributed by atoms with Gasteiger partial charge in [-0.15, -0.1) is 23.1 Å². The highest BCUT2D eigenvalue weighted by molar-refractivity contribution is 8.00. The largest absolute Gasteiger partial charge is 0.468 e. The number of thioether (sulfide) groups is 1. The summed E-state index contributed by atoms with van der Waals surface area (Å²) in [6.07, 6.45) is 1.77. The lowest BCUT2D eigenvalue weighted by Gasteiger charge is -2.05. The molecule has 0 aliphatic heterocycles. The van der Waals surface area contributed by atoms with E-state index < -0.39 is 0 Å². The van der Waals surface area contributed by atoms with Gasteiger partial charge in [0.2, 0.25) is 0 Å². The third kappa shape index (κ3) is 3.36. The van der Waals surface area contributed by atoms with E-state index in [1.165, 1.54) is 7.11 Å². The number of nitrogens with zero attached hydrogens (tertiary/aromatic N) is 1. The van der Waals surface area contributed by atoms with Crippen LogP contribution in [0.1, 0.15) is 17.2 Å². The van der Waals surface area contributed by atoms with Crippen molar-refractivity contribution in [3.05, 3.63) is 16.6 Å². The summed E-state index contributed by atoms with van der Waals surface area (Å²) < 4.78 is 4.54. The Balaban J connectivity index is 2.34. The molecule has 0 spiro atoms. The molecule has 1 heterocycles. The molecule has 0 aliphatic rings. The van der Waals surface area contributed by atoms with Gasteiger partial charge in [0.1, 0.15) is 5.01 Å². The number of carbonyl (C=O) groups excluding carboxylic acids is 1. The van der Waals surface area contributed by atoms with Crippen LogP contribution in [0.25, 0.3) is 0 Å². The lowest BCUT2D eigenvalue weighted by molar-refractivity contribution is -0.137. The predicted octanol–water partition coefficient (Wildman–Crippen LogP) is 2.11. The van der Waals surface area contributed by atoms with E-state index in [4.69, 9.17) is 0 Å². The number of thiazole rings is 1. The molecule has 72 valence electrons. The summed E-state index contributed by atoms with van der Waals surface area (Å²) in [5.74, 6) is 0.199. The van der Waals surface area contributed by atoms with Crippen molar-refractivity contribution in [3.8, 4) is 0 Å². The molecule has 1 atom stereocenters. The van der Waals surface area contributed by atoms with Gasteiger partial charge in [-0.25, -0.2) is 4.98 Å². The fourth-order valence-corrected chi connectivity index (χ4v) is 2.41. The Hall–Kier alpha value is -0.550. The molecule has 0 radical (unpaired) electrons. The van der Waals surface area contributed by atoms with E-state index in [1.54, 1.807) is 29.3 Å². The van der Waals surface area contributed by atoms with Crippen molar-refractivity contribution in [1.82, 2.24) is 4.98 Å². The fraction of sp³-hybridized carbons (Fsp3) is 0.500. The first-order valence-corrected chi connectivity index (χ1v) is 5.74. The van der Waals surface area contributed by atoms with Crippen molar-refractivity contribution in [2.75, 3.05) is 12.9 Å². The summed E-state index contributed by atoms with van der Waals surface area (Å²) in [5, 5.41) is 3.25. The first kappa shape index (κ1) is 10.5. The second-order valence-electron chi connectivity index (χ2n) is 2.40. The lowest BCUT2D eigenvalue weighted by atomic mass is 10.5. The molecular formula is C8H11NO2S2. The molecule has 0 bridgehead atoms. The van der Waals surface area contributed by atoms with E-state index in [0.717, 1.165) is 5.01 Å². The van der Waals surface area contributed by atoms with Crippen LogP contribution in [0.4, 0.5) is 0 Å². The van der Waals surface area contributed by atoms with Gasteiger partial charge in [-0.1, -0.05) is 0 Å². The second-order valence-corrected chi connectivity index (χ2v) is 4.65. The van der Waals surface area contributed by atoms with E-state index in [9.17, 15) is 4.79 Å². The highest BCUT2D eigenvalue weighted by Crippen LogP contribution is 2.29. The van der Waals surface area contributed by atoms with Crippen molar-refractivity contribution < 1.29 is 9.53 Å². The molecule has 1 aromatic rings. The molecule has 0 N–H and O–H groups in total. The van der Waals surface area contributed by atoms with E-state index in [1.807, 2.05) is 12.3 Å². The SMILES string of the molecule is COC(=O)CSC(C)c1nccs1. The molecule has 3 nitrogen and oxygen atoms in total. The van der Waals surface area contributed by atoms with E-state index in [-0.39, 0.29) is 11.2 Å². The Kier molecular flexibility index (Phi) is 4.24. The number of rotatable bonds is 4. The molecule has 0 aliphatic carbocycles. The van der Waals surface area contributed by atoms with Gasteiger partial charge in [0.15, 0.2) is 0 Å². The Morgan fingerprint density at radius 3 is 3.15 bits per heavy atom. The summed E-state index contributed by atoms with van der Waals surface area (Å²) in [7, 11) is 1.40. The Labute approximate surface area is 85.5 Å². The average Bonchev–Trinajstić information content (AvgIpc) is 2.66. The van der Waals surface area contributed by atoms with Gasteiger partial charge in [0.25, 0.3) is 0 Å². The van der Waals surface area contributed by atoms with Gasteiger partial charge < -0.3 is 4.74 Å². The molecular weight excluding hydrogens is 206 g/mol. The van der Waals surface area contributed by atoms with Crippen LogP contribution in [0.2, 0.25) is 0 Å². The first-order chi connectivity index (χ1) is 6.24. The van der Waals surface area contributed by atoms with Crippen molar-refractivity contribution in [2.24, 2.45) is 0 Å². The van der Waals surface area contributed by atoms with Crippen molar-refractivity contribution in [2.45, 2.75) is 12.2 Å². The number of aromatic nitrogens is 1. The number of ether oxygens (including phenoxy) is 1. The van der Waals surface area contributed by atoms with Crippen LogP contribution in [0.15, 0.2) is 11.6 Å². The number of hydrogen-bond donors (Lipinski definition) is 0. The molecule has 1 aromatic heterocycles. The lowest BCUT2D eigenvalue weighted by Crippen LogP contribution is -2.04. The van der Waals surface area contributed by atoms with Crippen LogP contribution in [0.3, 0.4) is 0 Å². The minimum atomic E-state index is -0.187. The monoisotopic (exact) mass is 217 g/mol. The maximum Gasteiger partial charge on any atom is 0.315 e. The molecule has 1 unspecified atom stereocenters. The predicted molar refractivity (Wildman–Crippen MR) is 55.0 cm³/mol. The van der Waals surface area contributed by atoms with Crippen LogP contribution in [0, 0.1) is 0 Å².